The molecule has 2 saturated heterocycles. The number of morpholine rings is 1. The number of fused-ring (bicyclic) bond motifs is 1. The van der Waals surface area contributed by atoms with E-state index in [1.165, 1.54) is 11.3 Å². The second-order valence-corrected chi connectivity index (χ2v) is 8.85. The maximum atomic E-state index is 5.93. The van der Waals surface area contributed by atoms with E-state index in [9.17, 15) is 0 Å². The van der Waals surface area contributed by atoms with Crippen LogP contribution in [0.25, 0.3) is 0 Å². The molecule has 4 heterocycles. The van der Waals surface area contributed by atoms with Crippen molar-refractivity contribution in [2.45, 2.75) is 31.5 Å². The minimum atomic E-state index is -0.0220. The highest BCUT2D eigenvalue weighted by Gasteiger charge is 2.46. The summed E-state index contributed by atoms with van der Waals surface area (Å²) >= 11 is 1.87. The highest BCUT2D eigenvalue weighted by molar-refractivity contribution is 8.14. The average molecular weight is 425 g/mol. The van der Waals surface area contributed by atoms with Gasteiger partial charge in [-0.15, -0.1) is 0 Å². The van der Waals surface area contributed by atoms with E-state index in [1.54, 1.807) is 7.11 Å². The van der Waals surface area contributed by atoms with Crippen LogP contribution in [-0.4, -0.2) is 60.3 Å². The Morgan fingerprint density at radius 3 is 2.80 bits per heavy atom. The fourth-order valence-corrected chi connectivity index (χ4v) is 5.99. The first-order chi connectivity index (χ1) is 14.8. The monoisotopic (exact) mass is 424 g/mol. The van der Waals surface area contributed by atoms with Crippen LogP contribution in [0.2, 0.25) is 0 Å². The van der Waals surface area contributed by atoms with Crippen molar-refractivity contribution in [1.29, 1.82) is 0 Å². The summed E-state index contributed by atoms with van der Waals surface area (Å²) in [6.07, 6.45) is 2.96. The van der Waals surface area contributed by atoms with Crippen molar-refractivity contribution in [2.75, 3.05) is 44.1 Å². The summed E-state index contributed by atoms with van der Waals surface area (Å²) in [5.41, 5.74) is 3.39. The molecule has 0 N–H and O–H groups in total. The van der Waals surface area contributed by atoms with Crippen molar-refractivity contribution >= 4 is 22.6 Å². The van der Waals surface area contributed by atoms with E-state index in [0.29, 0.717) is 6.04 Å². The van der Waals surface area contributed by atoms with Gasteiger partial charge in [0.05, 0.1) is 32.1 Å². The summed E-state index contributed by atoms with van der Waals surface area (Å²) in [7, 11) is 1.77. The molecule has 1 aromatic heterocycles. The van der Waals surface area contributed by atoms with Crippen LogP contribution in [0.3, 0.4) is 0 Å². The molecule has 2 aromatic rings. The predicted molar refractivity (Wildman–Crippen MR) is 122 cm³/mol. The third-order valence-corrected chi connectivity index (χ3v) is 7.37. The molecule has 30 heavy (non-hydrogen) atoms. The quantitative estimate of drug-likeness (QED) is 0.726. The van der Waals surface area contributed by atoms with E-state index < -0.39 is 0 Å². The minimum absolute atomic E-state index is 0.0220. The Hall–Kier alpha value is -2.25. The highest BCUT2D eigenvalue weighted by atomic mass is 32.2. The molecule has 0 spiro atoms. The lowest BCUT2D eigenvalue weighted by molar-refractivity contribution is 0.122. The van der Waals surface area contributed by atoms with Gasteiger partial charge in [-0.2, -0.15) is 0 Å². The molecule has 1 aromatic carbocycles. The van der Waals surface area contributed by atoms with Crippen molar-refractivity contribution < 1.29 is 9.47 Å². The van der Waals surface area contributed by atoms with Gasteiger partial charge >= 0.3 is 0 Å². The Labute approximate surface area is 182 Å². The number of methoxy groups -OCH3 is 1. The van der Waals surface area contributed by atoms with Crippen LogP contribution in [0.4, 0.5) is 5.69 Å². The number of thioether (sulfide) groups is 1. The second kappa shape index (κ2) is 8.47. The normalized spacial score (nSPS) is 25.9. The standard InChI is InChI=1S/C23H28N4O2S/c1-3-16-15-30-23-25-21(19-6-4-5-9-24-19)22(27(16)23)18-8-7-17(14-20(18)28-2)26-10-12-29-13-11-26/h4-9,14,16,21-22H,3,10-13,15H2,1-2H3/t16-,21+,22-/m1/s1. The first kappa shape index (κ1) is 19.7. The van der Waals surface area contributed by atoms with Gasteiger partial charge in [0.2, 0.25) is 0 Å². The van der Waals surface area contributed by atoms with Crippen LogP contribution in [0, 0.1) is 0 Å². The number of hydrogen-bond acceptors (Lipinski definition) is 7. The van der Waals surface area contributed by atoms with Crippen LogP contribution in [-0.2, 0) is 4.74 Å². The van der Waals surface area contributed by atoms with E-state index in [0.717, 1.165) is 55.1 Å². The molecule has 0 saturated carbocycles. The largest absolute Gasteiger partial charge is 0.496 e. The zero-order valence-corrected chi connectivity index (χ0v) is 18.3. The van der Waals surface area contributed by atoms with E-state index in [-0.39, 0.29) is 12.1 Å². The fraction of sp³-hybridized carbons (Fsp3) is 0.478. The first-order valence-electron chi connectivity index (χ1n) is 10.7. The maximum Gasteiger partial charge on any atom is 0.160 e. The molecule has 3 atom stereocenters. The number of nitrogens with zero attached hydrogens (tertiary/aromatic N) is 4. The van der Waals surface area contributed by atoms with Gasteiger partial charge in [0.1, 0.15) is 11.8 Å². The number of aromatic nitrogens is 1. The number of ether oxygens (including phenoxy) is 2. The third-order valence-electron chi connectivity index (χ3n) is 6.24. The molecule has 158 valence electrons. The zero-order valence-electron chi connectivity index (χ0n) is 17.5. The van der Waals surface area contributed by atoms with Gasteiger partial charge in [-0.25, -0.2) is 0 Å². The Bertz CT molecular complexity index is 917. The number of aliphatic imine (C=N–C) groups is 1. The van der Waals surface area contributed by atoms with Gasteiger partial charge in [0, 0.05) is 48.4 Å². The molecule has 2 fully saturated rings. The Morgan fingerprint density at radius 1 is 1.20 bits per heavy atom. The second-order valence-electron chi connectivity index (χ2n) is 7.86. The molecular formula is C23H28N4O2S. The highest BCUT2D eigenvalue weighted by Crippen LogP contribution is 2.50. The molecule has 5 rings (SSSR count). The van der Waals surface area contributed by atoms with Gasteiger partial charge in [-0.3, -0.25) is 9.98 Å². The van der Waals surface area contributed by atoms with E-state index >= 15 is 0 Å². The lowest BCUT2D eigenvalue weighted by atomic mass is 9.94. The Kier molecular flexibility index (Phi) is 5.56. The van der Waals surface area contributed by atoms with Crippen molar-refractivity contribution in [3.8, 4) is 5.75 Å². The SMILES string of the molecule is CC[C@@H]1CSC2=N[C@@H](c3ccccn3)[C@@H](c3ccc(N4CCOCC4)cc3OC)N21. The summed E-state index contributed by atoms with van der Waals surface area (Å²) in [5.74, 6) is 2.02. The van der Waals surface area contributed by atoms with Crippen molar-refractivity contribution in [1.82, 2.24) is 9.88 Å². The Balaban J connectivity index is 1.55. The topological polar surface area (TPSA) is 50.2 Å². The molecule has 0 unspecified atom stereocenters. The molecule has 3 aliphatic heterocycles. The molecule has 6 nitrogen and oxygen atoms in total. The first-order valence-corrected chi connectivity index (χ1v) is 11.7. The van der Waals surface area contributed by atoms with Crippen molar-refractivity contribution in [3.05, 3.63) is 53.9 Å². The number of benzene rings is 1. The van der Waals surface area contributed by atoms with Crippen LogP contribution >= 0.6 is 11.8 Å². The number of hydrogen-bond donors (Lipinski definition) is 0. The smallest absolute Gasteiger partial charge is 0.160 e. The number of anilines is 1. The van der Waals surface area contributed by atoms with Gasteiger partial charge in [-0.05, 0) is 24.6 Å². The maximum absolute atomic E-state index is 5.93. The summed E-state index contributed by atoms with van der Waals surface area (Å²) in [4.78, 5) is 14.7. The van der Waals surface area contributed by atoms with E-state index in [4.69, 9.17) is 14.5 Å². The van der Waals surface area contributed by atoms with Gasteiger partial charge in [-0.1, -0.05) is 30.8 Å². The summed E-state index contributed by atoms with van der Waals surface area (Å²) in [6, 6.07) is 13.3. The fourth-order valence-electron chi connectivity index (χ4n) is 4.65. The van der Waals surface area contributed by atoms with Gasteiger partial charge in [0.25, 0.3) is 0 Å². The average Bonchev–Trinajstić information content (AvgIpc) is 3.39. The summed E-state index contributed by atoms with van der Waals surface area (Å²) < 4.78 is 11.4. The van der Waals surface area contributed by atoms with Gasteiger partial charge < -0.3 is 19.3 Å². The lowest BCUT2D eigenvalue weighted by Crippen LogP contribution is -2.36. The molecule has 0 bridgehead atoms. The molecule has 3 aliphatic rings. The zero-order chi connectivity index (χ0) is 20.5. The van der Waals surface area contributed by atoms with Crippen molar-refractivity contribution in [2.24, 2.45) is 4.99 Å². The predicted octanol–water partition coefficient (Wildman–Crippen LogP) is 3.91. The van der Waals surface area contributed by atoms with Crippen LogP contribution < -0.4 is 9.64 Å². The van der Waals surface area contributed by atoms with E-state index in [2.05, 4.69) is 46.0 Å². The molecule has 0 radical (unpaired) electrons. The Morgan fingerprint density at radius 2 is 2.07 bits per heavy atom. The van der Waals surface area contributed by atoms with Gasteiger partial charge in [0.15, 0.2) is 5.17 Å². The number of rotatable bonds is 5. The number of pyridine rings is 1. The van der Waals surface area contributed by atoms with Crippen molar-refractivity contribution in [3.63, 3.8) is 0 Å². The lowest BCUT2D eigenvalue weighted by Gasteiger charge is -2.34. The third kappa shape index (κ3) is 3.44. The molecule has 0 aliphatic carbocycles. The minimum Gasteiger partial charge on any atom is -0.496 e. The molecule has 0 amide bonds. The van der Waals surface area contributed by atoms with Crippen LogP contribution in [0.1, 0.15) is 36.7 Å². The summed E-state index contributed by atoms with van der Waals surface area (Å²) in [5, 5.41) is 1.14. The van der Waals surface area contributed by atoms with Crippen LogP contribution in [0.5, 0.6) is 5.75 Å². The summed E-state index contributed by atoms with van der Waals surface area (Å²) in [6.45, 7) is 5.63. The van der Waals surface area contributed by atoms with E-state index in [1.807, 2.05) is 30.1 Å². The molecule has 7 heteroatoms. The number of amidine groups is 1. The molecular weight excluding hydrogens is 396 g/mol. The van der Waals surface area contributed by atoms with Crippen LogP contribution in [0.15, 0.2) is 47.6 Å².